The smallest absolute Gasteiger partial charge is 0.310 e. The number of esters is 1. The normalized spacial score (nSPS) is 23.8. The van der Waals surface area contributed by atoms with Crippen LogP contribution in [-0.2, 0) is 16.1 Å². The molecular formula is C14H20N2O3. The van der Waals surface area contributed by atoms with Gasteiger partial charge >= 0.3 is 5.97 Å². The van der Waals surface area contributed by atoms with Crippen LogP contribution < -0.4 is 0 Å². The largest absolute Gasteiger partial charge is 0.459 e. The van der Waals surface area contributed by atoms with E-state index in [0.29, 0.717) is 11.4 Å². The molecule has 0 spiro atoms. The van der Waals surface area contributed by atoms with Gasteiger partial charge in [-0.05, 0) is 32.1 Å². The van der Waals surface area contributed by atoms with Gasteiger partial charge in [0.25, 0.3) is 0 Å². The maximum absolute atomic E-state index is 12.1. The van der Waals surface area contributed by atoms with E-state index in [0.717, 1.165) is 0 Å². The molecule has 5 nitrogen and oxygen atoms in total. The zero-order valence-corrected chi connectivity index (χ0v) is 12.1. The predicted octanol–water partition coefficient (Wildman–Crippen LogP) is 2.66. The van der Waals surface area contributed by atoms with Crippen molar-refractivity contribution < 1.29 is 14.2 Å². The van der Waals surface area contributed by atoms with Crippen LogP contribution in [-0.4, -0.2) is 16.3 Å². The lowest BCUT2D eigenvalue weighted by atomic mass is 10.1. The summed E-state index contributed by atoms with van der Waals surface area (Å²) in [5, 5.41) is 7.35. The van der Waals surface area contributed by atoms with E-state index >= 15 is 0 Å². The van der Waals surface area contributed by atoms with Gasteiger partial charge in [-0.1, -0.05) is 35.8 Å². The Balaban J connectivity index is 1.95. The van der Waals surface area contributed by atoms with Crippen molar-refractivity contribution >= 4 is 5.97 Å². The number of carbonyl (C=O) groups excluding carboxylic acids is 1. The molecule has 0 unspecified atom stereocenters. The minimum absolute atomic E-state index is 0.0223. The van der Waals surface area contributed by atoms with Crippen molar-refractivity contribution in [3.8, 4) is 0 Å². The summed E-state index contributed by atoms with van der Waals surface area (Å²) >= 11 is 0. The van der Waals surface area contributed by atoms with Crippen molar-refractivity contribution in [3.63, 3.8) is 0 Å². The summed E-state index contributed by atoms with van der Waals surface area (Å²) < 4.78 is 9.88. The van der Waals surface area contributed by atoms with Gasteiger partial charge in [0.1, 0.15) is 18.0 Å². The summed E-state index contributed by atoms with van der Waals surface area (Å²) in [6.07, 6.45) is 2.15. The molecule has 0 aromatic carbocycles. The van der Waals surface area contributed by atoms with Crippen molar-refractivity contribution in [3.05, 3.63) is 23.0 Å². The SMILES string of the molecule is CC(C)=C[C@H]1[C@H](C(=O)OCc2nonc2C)C1(C)C. The van der Waals surface area contributed by atoms with E-state index in [-0.39, 0.29) is 29.8 Å². The van der Waals surface area contributed by atoms with Gasteiger partial charge in [-0.3, -0.25) is 4.79 Å². The van der Waals surface area contributed by atoms with Crippen LogP contribution in [0.25, 0.3) is 0 Å². The molecule has 1 aliphatic carbocycles. The molecule has 2 rings (SSSR count). The summed E-state index contributed by atoms with van der Waals surface area (Å²) in [6.45, 7) is 10.2. The Morgan fingerprint density at radius 3 is 2.63 bits per heavy atom. The molecule has 5 heteroatoms. The Morgan fingerprint density at radius 1 is 1.42 bits per heavy atom. The Morgan fingerprint density at radius 2 is 2.11 bits per heavy atom. The second-order valence-electron chi connectivity index (χ2n) is 5.97. The molecule has 1 aromatic rings. The molecule has 0 N–H and O–H groups in total. The van der Waals surface area contributed by atoms with E-state index in [9.17, 15) is 4.79 Å². The number of aryl methyl sites for hydroxylation is 1. The van der Waals surface area contributed by atoms with Crippen molar-refractivity contribution in [2.45, 2.75) is 41.2 Å². The summed E-state index contributed by atoms with van der Waals surface area (Å²) in [7, 11) is 0. The monoisotopic (exact) mass is 264 g/mol. The third-order valence-corrected chi connectivity index (χ3v) is 3.78. The molecule has 0 amide bonds. The van der Waals surface area contributed by atoms with E-state index in [1.165, 1.54) is 5.57 Å². The first-order chi connectivity index (χ1) is 8.84. The fourth-order valence-electron chi connectivity index (χ4n) is 2.41. The first kappa shape index (κ1) is 13.8. The second kappa shape index (κ2) is 4.79. The molecule has 0 radical (unpaired) electrons. The van der Waals surface area contributed by atoms with E-state index in [1.54, 1.807) is 6.92 Å². The molecular weight excluding hydrogens is 244 g/mol. The third kappa shape index (κ3) is 2.69. The van der Waals surface area contributed by atoms with Crippen LogP contribution >= 0.6 is 0 Å². The number of rotatable bonds is 4. The molecule has 1 saturated carbocycles. The van der Waals surface area contributed by atoms with Gasteiger partial charge in [0.2, 0.25) is 0 Å². The molecule has 0 bridgehead atoms. The number of carbonyl (C=O) groups is 1. The fraction of sp³-hybridized carbons (Fsp3) is 0.643. The average Bonchev–Trinajstić information content (AvgIpc) is 2.66. The Bertz CT molecular complexity index is 513. The van der Waals surface area contributed by atoms with Crippen molar-refractivity contribution in [1.29, 1.82) is 0 Å². The van der Waals surface area contributed by atoms with Crippen LogP contribution in [0.4, 0.5) is 0 Å². The zero-order chi connectivity index (χ0) is 14.2. The molecule has 1 heterocycles. The standard InChI is InChI=1S/C14H20N2O3/c1-8(2)6-10-12(14(10,4)5)13(17)18-7-11-9(3)15-19-16-11/h6,10,12H,7H2,1-5H3/t10-,12+/m0/s1. The first-order valence-electron chi connectivity index (χ1n) is 6.43. The van der Waals surface area contributed by atoms with Crippen molar-refractivity contribution in [2.24, 2.45) is 17.3 Å². The van der Waals surface area contributed by atoms with Crippen LogP contribution in [0.15, 0.2) is 16.3 Å². The minimum Gasteiger partial charge on any atom is -0.459 e. The Labute approximate surface area is 113 Å². The number of ether oxygens (including phenoxy) is 1. The molecule has 104 valence electrons. The van der Waals surface area contributed by atoms with Crippen LogP contribution in [0.3, 0.4) is 0 Å². The minimum atomic E-state index is -0.171. The molecule has 0 saturated heterocycles. The first-order valence-corrected chi connectivity index (χ1v) is 6.43. The zero-order valence-electron chi connectivity index (χ0n) is 12.1. The van der Waals surface area contributed by atoms with Crippen LogP contribution in [0.1, 0.15) is 39.1 Å². The highest BCUT2D eigenvalue weighted by atomic mass is 16.6. The van der Waals surface area contributed by atoms with Gasteiger partial charge in [0.05, 0.1) is 5.92 Å². The van der Waals surface area contributed by atoms with E-state index in [1.807, 2.05) is 13.8 Å². The van der Waals surface area contributed by atoms with E-state index in [2.05, 4.69) is 34.9 Å². The van der Waals surface area contributed by atoms with Crippen LogP contribution in [0.2, 0.25) is 0 Å². The van der Waals surface area contributed by atoms with E-state index < -0.39 is 0 Å². The number of hydrogen-bond acceptors (Lipinski definition) is 5. The van der Waals surface area contributed by atoms with Crippen LogP contribution in [0.5, 0.6) is 0 Å². The number of allylic oxidation sites excluding steroid dienone is 2. The third-order valence-electron chi connectivity index (χ3n) is 3.78. The number of nitrogens with zero attached hydrogens (tertiary/aromatic N) is 2. The Kier molecular flexibility index (Phi) is 3.47. The molecule has 2 atom stereocenters. The maximum Gasteiger partial charge on any atom is 0.310 e. The topological polar surface area (TPSA) is 65.2 Å². The Hall–Kier alpha value is -1.65. The highest BCUT2D eigenvalue weighted by Crippen LogP contribution is 2.59. The molecule has 1 aromatic heterocycles. The number of aromatic nitrogens is 2. The lowest BCUT2D eigenvalue weighted by Crippen LogP contribution is -2.11. The summed E-state index contributed by atoms with van der Waals surface area (Å²) in [5.74, 6) is 0.0268. The van der Waals surface area contributed by atoms with Crippen LogP contribution in [0, 0.1) is 24.2 Å². The summed E-state index contributed by atoms with van der Waals surface area (Å²) in [6, 6.07) is 0. The lowest BCUT2D eigenvalue weighted by Gasteiger charge is -2.03. The van der Waals surface area contributed by atoms with Crippen molar-refractivity contribution in [1.82, 2.24) is 10.3 Å². The second-order valence-corrected chi connectivity index (χ2v) is 5.97. The van der Waals surface area contributed by atoms with Gasteiger partial charge in [-0.25, -0.2) is 4.63 Å². The lowest BCUT2D eigenvalue weighted by molar-refractivity contribution is -0.147. The molecule has 1 fully saturated rings. The highest BCUT2D eigenvalue weighted by Gasteiger charge is 2.61. The van der Waals surface area contributed by atoms with Gasteiger partial charge in [-0.15, -0.1) is 0 Å². The summed E-state index contributed by atoms with van der Waals surface area (Å²) in [4.78, 5) is 12.1. The van der Waals surface area contributed by atoms with E-state index in [4.69, 9.17) is 4.74 Å². The van der Waals surface area contributed by atoms with Gasteiger partial charge in [-0.2, -0.15) is 0 Å². The molecule has 1 aliphatic rings. The molecule has 19 heavy (non-hydrogen) atoms. The van der Waals surface area contributed by atoms with Gasteiger partial charge in [0.15, 0.2) is 0 Å². The van der Waals surface area contributed by atoms with Gasteiger partial charge in [0, 0.05) is 0 Å². The summed E-state index contributed by atoms with van der Waals surface area (Å²) in [5.41, 5.74) is 2.44. The number of hydrogen-bond donors (Lipinski definition) is 0. The fourth-order valence-corrected chi connectivity index (χ4v) is 2.41. The molecule has 0 aliphatic heterocycles. The van der Waals surface area contributed by atoms with Gasteiger partial charge < -0.3 is 4.74 Å². The van der Waals surface area contributed by atoms with Crippen molar-refractivity contribution in [2.75, 3.05) is 0 Å². The predicted molar refractivity (Wildman–Crippen MR) is 69.0 cm³/mol. The average molecular weight is 264 g/mol. The highest BCUT2D eigenvalue weighted by molar-refractivity contribution is 5.78. The quantitative estimate of drug-likeness (QED) is 0.618. The maximum atomic E-state index is 12.1.